The van der Waals surface area contributed by atoms with Gasteiger partial charge in [0.25, 0.3) is 0 Å². The number of rotatable bonds is 4. The molecule has 3 aromatic heterocycles. The molecule has 11 rings (SSSR count). The van der Waals surface area contributed by atoms with Crippen molar-refractivity contribution < 1.29 is 0 Å². The van der Waals surface area contributed by atoms with Gasteiger partial charge in [-0.15, -0.1) is 22.7 Å². The van der Waals surface area contributed by atoms with Crippen LogP contribution in [0.2, 0.25) is 0 Å². The Balaban J connectivity index is 1.23. The van der Waals surface area contributed by atoms with Crippen LogP contribution in [0.15, 0.2) is 158 Å². The first kappa shape index (κ1) is 30.7. The van der Waals surface area contributed by atoms with Crippen LogP contribution in [0.5, 0.6) is 0 Å². The molecule has 4 nitrogen and oxygen atoms in total. The molecule has 53 heavy (non-hydrogen) atoms. The minimum absolute atomic E-state index is 0.149. The molecule has 9 aromatic rings. The Bertz CT molecular complexity index is 2880. The van der Waals surface area contributed by atoms with Crippen molar-refractivity contribution >= 4 is 74.4 Å². The summed E-state index contributed by atoms with van der Waals surface area (Å²) in [5, 5.41) is 5.03. The fourth-order valence-electron chi connectivity index (χ4n) is 8.47. The fraction of sp³-hybridized carbons (Fsp3) is 0.0851. The van der Waals surface area contributed by atoms with Crippen LogP contribution in [-0.4, -0.2) is 21.0 Å². The first-order chi connectivity index (χ1) is 26.2. The molecule has 2 bridgehead atoms. The lowest BCUT2D eigenvalue weighted by Gasteiger charge is -2.44. The lowest BCUT2D eigenvalue weighted by atomic mass is 9.77. The summed E-state index contributed by atoms with van der Waals surface area (Å²) in [5.41, 5.74) is 6.78. The van der Waals surface area contributed by atoms with Crippen LogP contribution in [0, 0.1) is 5.92 Å². The highest BCUT2D eigenvalue weighted by atomic mass is 32.1. The average molecular weight is 717 g/mol. The lowest BCUT2D eigenvalue weighted by Crippen LogP contribution is -2.41. The SMILES string of the molecule is CC1C2C=CC=CC1N(c1cc(-c3nc(-c4ccccc4)nc(-c4ccccc4)n3)c3c(c1)sc1ccccc13)c1c2ccc2c1sc1ccccc12. The zero-order valence-electron chi connectivity index (χ0n) is 28.8. The Hall–Kier alpha value is -5.95. The molecule has 6 heteroatoms. The van der Waals surface area contributed by atoms with Gasteiger partial charge in [-0.2, -0.15) is 0 Å². The van der Waals surface area contributed by atoms with Crippen molar-refractivity contribution in [3.05, 3.63) is 163 Å². The minimum Gasteiger partial charge on any atom is -0.333 e. The summed E-state index contributed by atoms with van der Waals surface area (Å²) in [6.45, 7) is 2.41. The molecule has 3 unspecified atom stereocenters. The van der Waals surface area contributed by atoms with Crippen molar-refractivity contribution in [2.45, 2.75) is 18.9 Å². The molecule has 0 saturated carbocycles. The maximum absolute atomic E-state index is 5.28. The van der Waals surface area contributed by atoms with E-state index >= 15 is 0 Å². The van der Waals surface area contributed by atoms with Gasteiger partial charge in [0.15, 0.2) is 17.5 Å². The van der Waals surface area contributed by atoms with E-state index in [1.165, 1.54) is 51.6 Å². The number of benzene rings is 6. The molecule has 0 amide bonds. The van der Waals surface area contributed by atoms with Crippen molar-refractivity contribution in [1.29, 1.82) is 0 Å². The van der Waals surface area contributed by atoms with E-state index in [0.717, 1.165) is 22.4 Å². The number of hydrogen-bond donors (Lipinski definition) is 0. The molecule has 252 valence electrons. The monoisotopic (exact) mass is 716 g/mol. The van der Waals surface area contributed by atoms with Crippen LogP contribution in [0.25, 0.3) is 74.5 Å². The summed E-state index contributed by atoms with van der Waals surface area (Å²) in [6.07, 6.45) is 9.28. The number of thiophene rings is 2. The highest BCUT2D eigenvalue weighted by molar-refractivity contribution is 7.26. The second kappa shape index (κ2) is 12.1. The van der Waals surface area contributed by atoms with E-state index in [9.17, 15) is 0 Å². The first-order valence-corrected chi connectivity index (χ1v) is 19.7. The number of fused-ring (bicyclic) bond motifs is 11. The number of aromatic nitrogens is 3. The first-order valence-electron chi connectivity index (χ1n) is 18.1. The summed E-state index contributed by atoms with van der Waals surface area (Å²) in [5.74, 6) is 2.68. The summed E-state index contributed by atoms with van der Waals surface area (Å²) >= 11 is 3.75. The molecule has 4 heterocycles. The Morgan fingerprint density at radius 2 is 1.17 bits per heavy atom. The number of allylic oxidation sites excluding steroid dienone is 3. The maximum atomic E-state index is 5.28. The molecule has 6 aromatic carbocycles. The molecule has 3 atom stereocenters. The predicted molar refractivity (Wildman–Crippen MR) is 224 cm³/mol. The standard InChI is InChI=1S/C47H32N4S2/c1-28-32-18-8-11-21-38(28)51(43-34(32)24-25-35-33-19-9-12-22-39(33)53-44(35)43)31-26-37(42-36-20-10-13-23-40(36)52-41(42)27-31)47-49-45(29-14-4-2-5-15-29)48-46(50-47)30-16-6-3-7-17-30/h2-28,32,38H,1H3. The van der Waals surface area contributed by atoms with Gasteiger partial charge in [-0.05, 0) is 35.7 Å². The van der Waals surface area contributed by atoms with Crippen molar-refractivity contribution in [1.82, 2.24) is 15.0 Å². The van der Waals surface area contributed by atoms with E-state index < -0.39 is 0 Å². The predicted octanol–water partition coefficient (Wildman–Crippen LogP) is 13.0. The Morgan fingerprint density at radius 3 is 1.91 bits per heavy atom. The second-order valence-electron chi connectivity index (χ2n) is 14.0. The lowest BCUT2D eigenvalue weighted by molar-refractivity contribution is 0.449. The molecule has 0 radical (unpaired) electrons. The number of anilines is 2. The molecule has 0 N–H and O–H groups in total. The van der Waals surface area contributed by atoms with Gasteiger partial charge in [-0.3, -0.25) is 0 Å². The third-order valence-corrected chi connectivity index (χ3v) is 13.3. The van der Waals surface area contributed by atoms with Gasteiger partial charge in [0, 0.05) is 63.9 Å². The van der Waals surface area contributed by atoms with Gasteiger partial charge in [-0.25, -0.2) is 15.0 Å². The smallest absolute Gasteiger partial charge is 0.164 e. The number of nitrogens with zero attached hydrogens (tertiary/aromatic N) is 4. The molecule has 0 spiro atoms. The highest BCUT2D eigenvalue weighted by Gasteiger charge is 2.40. The van der Waals surface area contributed by atoms with Crippen LogP contribution < -0.4 is 4.90 Å². The average Bonchev–Trinajstić information content (AvgIpc) is 3.75. The van der Waals surface area contributed by atoms with E-state index in [4.69, 9.17) is 15.0 Å². The van der Waals surface area contributed by atoms with Gasteiger partial charge in [0.1, 0.15) is 0 Å². The molecule has 2 aliphatic rings. The third kappa shape index (κ3) is 4.83. The van der Waals surface area contributed by atoms with Gasteiger partial charge in [-0.1, -0.05) is 140 Å². The molecule has 1 aliphatic carbocycles. The van der Waals surface area contributed by atoms with Crippen LogP contribution in [-0.2, 0) is 0 Å². The second-order valence-corrected chi connectivity index (χ2v) is 16.1. The third-order valence-electron chi connectivity index (χ3n) is 11.0. The Labute approximate surface area is 315 Å². The van der Waals surface area contributed by atoms with Crippen molar-refractivity contribution in [3.63, 3.8) is 0 Å². The van der Waals surface area contributed by atoms with Gasteiger partial charge in [0.05, 0.1) is 16.4 Å². The van der Waals surface area contributed by atoms with Crippen molar-refractivity contribution in [3.8, 4) is 34.2 Å². The van der Waals surface area contributed by atoms with E-state index in [2.05, 4.69) is 133 Å². The molecule has 0 fully saturated rings. The summed E-state index contributed by atoms with van der Waals surface area (Å²) in [6, 6.07) is 47.7. The normalized spacial score (nSPS) is 17.9. The van der Waals surface area contributed by atoms with Crippen LogP contribution >= 0.6 is 22.7 Å². The zero-order valence-corrected chi connectivity index (χ0v) is 30.5. The Morgan fingerprint density at radius 1 is 0.547 bits per heavy atom. The van der Waals surface area contributed by atoms with Crippen LogP contribution in [0.1, 0.15) is 18.4 Å². The van der Waals surface area contributed by atoms with E-state index in [-0.39, 0.29) is 6.04 Å². The van der Waals surface area contributed by atoms with Crippen LogP contribution in [0.3, 0.4) is 0 Å². The summed E-state index contributed by atoms with van der Waals surface area (Å²) in [7, 11) is 0. The van der Waals surface area contributed by atoms with Crippen molar-refractivity contribution in [2.24, 2.45) is 5.92 Å². The molecular weight excluding hydrogens is 685 g/mol. The van der Waals surface area contributed by atoms with Gasteiger partial charge < -0.3 is 4.90 Å². The highest BCUT2D eigenvalue weighted by Crippen LogP contribution is 2.54. The summed E-state index contributed by atoms with van der Waals surface area (Å²) in [4.78, 5) is 18.2. The maximum Gasteiger partial charge on any atom is 0.164 e. The minimum atomic E-state index is 0.149. The molecule has 1 aliphatic heterocycles. The zero-order chi connectivity index (χ0) is 35.0. The van der Waals surface area contributed by atoms with Crippen molar-refractivity contribution in [2.75, 3.05) is 4.90 Å². The molecule has 0 saturated heterocycles. The van der Waals surface area contributed by atoms with E-state index in [1.54, 1.807) is 0 Å². The quantitative estimate of drug-likeness (QED) is 0.182. The largest absolute Gasteiger partial charge is 0.333 e. The van der Waals surface area contributed by atoms with E-state index in [1.807, 2.05) is 59.1 Å². The van der Waals surface area contributed by atoms with Gasteiger partial charge >= 0.3 is 0 Å². The van der Waals surface area contributed by atoms with Gasteiger partial charge in [0.2, 0.25) is 0 Å². The summed E-state index contributed by atoms with van der Waals surface area (Å²) < 4.78 is 5.12. The number of hydrogen-bond acceptors (Lipinski definition) is 6. The molecular formula is C47H32N4S2. The fourth-order valence-corrected chi connectivity index (χ4v) is 10.9. The van der Waals surface area contributed by atoms with Crippen LogP contribution in [0.4, 0.5) is 11.4 Å². The van der Waals surface area contributed by atoms with E-state index in [0.29, 0.717) is 29.3 Å². The topological polar surface area (TPSA) is 41.9 Å². The Kier molecular flexibility index (Phi) is 6.97.